The molecule has 0 radical (unpaired) electrons. The number of fused-ring (bicyclic) bond motifs is 1. The summed E-state index contributed by atoms with van der Waals surface area (Å²) in [4.78, 5) is 41.4. The molecule has 1 aromatic carbocycles. The summed E-state index contributed by atoms with van der Waals surface area (Å²) in [5, 5.41) is 0.554. The number of hydroxylamine groups is 2. The minimum Gasteiger partial charge on any atom is -0.377 e. The van der Waals surface area contributed by atoms with E-state index in [9.17, 15) is 14.4 Å². The quantitative estimate of drug-likeness (QED) is 0.789. The maximum absolute atomic E-state index is 12.2. The summed E-state index contributed by atoms with van der Waals surface area (Å²) >= 11 is 0. The highest BCUT2D eigenvalue weighted by atomic mass is 16.7. The van der Waals surface area contributed by atoms with E-state index in [-0.39, 0.29) is 17.2 Å². The Hall–Kier alpha value is -2.21. The molecule has 2 aliphatic heterocycles. The fourth-order valence-corrected chi connectivity index (χ4v) is 2.73. The van der Waals surface area contributed by atoms with Crippen LogP contribution in [0.2, 0.25) is 0 Å². The third-order valence-electron chi connectivity index (χ3n) is 3.85. The van der Waals surface area contributed by atoms with Gasteiger partial charge >= 0.3 is 5.97 Å². The molecule has 0 aliphatic carbocycles. The smallest absolute Gasteiger partial charge is 0.338 e. The highest BCUT2D eigenvalue weighted by molar-refractivity contribution is 6.20. The first-order chi connectivity index (χ1) is 10.1. The number of rotatable bonds is 3. The Morgan fingerprint density at radius 1 is 1.29 bits per heavy atom. The van der Waals surface area contributed by atoms with Crippen LogP contribution in [0.25, 0.3) is 0 Å². The van der Waals surface area contributed by atoms with Crippen molar-refractivity contribution in [3.63, 3.8) is 0 Å². The van der Waals surface area contributed by atoms with Crippen LogP contribution in [-0.4, -0.2) is 35.6 Å². The third-order valence-corrected chi connectivity index (χ3v) is 3.85. The van der Waals surface area contributed by atoms with E-state index in [0.29, 0.717) is 24.5 Å². The van der Waals surface area contributed by atoms with Gasteiger partial charge in [0, 0.05) is 6.61 Å². The van der Waals surface area contributed by atoms with Crippen LogP contribution in [0.1, 0.15) is 40.5 Å². The highest BCUT2D eigenvalue weighted by Crippen LogP contribution is 2.27. The number of ether oxygens (including phenoxy) is 1. The molecule has 1 saturated heterocycles. The molecule has 2 atom stereocenters. The first kappa shape index (κ1) is 13.8. The lowest BCUT2D eigenvalue weighted by Crippen LogP contribution is -2.37. The van der Waals surface area contributed by atoms with Crippen molar-refractivity contribution in [3.05, 3.63) is 35.4 Å². The zero-order valence-electron chi connectivity index (χ0n) is 11.6. The van der Waals surface area contributed by atoms with Crippen molar-refractivity contribution in [1.82, 2.24) is 5.06 Å². The number of hydrogen-bond acceptors (Lipinski definition) is 5. The monoisotopic (exact) mass is 289 g/mol. The predicted octanol–water partition coefficient (Wildman–Crippen LogP) is 1.56. The van der Waals surface area contributed by atoms with E-state index in [0.717, 1.165) is 0 Å². The molecule has 110 valence electrons. The van der Waals surface area contributed by atoms with Crippen LogP contribution in [-0.2, 0) is 14.4 Å². The van der Waals surface area contributed by atoms with Crippen molar-refractivity contribution in [1.29, 1.82) is 0 Å². The summed E-state index contributed by atoms with van der Waals surface area (Å²) in [6, 6.07) is 6.40. The van der Waals surface area contributed by atoms with Crippen LogP contribution in [0.15, 0.2) is 24.3 Å². The van der Waals surface area contributed by atoms with Gasteiger partial charge in [-0.15, -0.1) is 0 Å². The van der Waals surface area contributed by atoms with Gasteiger partial charge in [-0.3, -0.25) is 9.59 Å². The molecule has 2 aliphatic rings. The van der Waals surface area contributed by atoms with Crippen molar-refractivity contribution in [2.45, 2.75) is 25.9 Å². The Kier molecular flexibility index (Phi) is 3.47. The van der Waals surface area contributed by atoms with Gasteiger partial charge in [0.15, 0.2) is 0 Å². The maximum atomic E-state index is 12.2. The van der Waals surface area contributed by atoms with Crippen molar-refractivity contribution in [2.75, 3.05) is 6.61 Å². The van der Waals surface area contributed by atoms with E-state index in [1.54, 1.807) is 12.1 Å². The number of amides is 2. The number of carbonyl (C=O) groups is 3. The Morgan fingerprint density at radius 3 is 2.48 bits per heavy atom. The van der Waals surface area contributed by atoms with Gasteiger partial charge in [0.05, 0.1) is 23.1 Å². The first-order valence-electron chi connectivity index (χ1n) is 6.94. The molecule has 2 amide bonds. The van der Waals surface area contributed by atoms with E-state index >= 15 is 0 Å². The fourth-order valence-electron chi connectivity index (χ4n) is 2.73. The van der Waals surface area contributed by atoms with Gasteiger partial charge in [-0.25, -0.2) is 4.79 Å². The van der Waals surface area contributed by atoms with E-state index in [1.165, 1.54) is 12.1 Å². The third kappa shape index (κ3) is 2.21. The lowest BCUT2D eigenvalue weighted by Gasteiger charge is -2.18. The Balaban J connectivity index is 1.76. The molecule has 0 N–H and O–H groups in total. The minimum atomic E-state index is -0.601. The molecular formula is C15H15NO5. The van der Waals surface area contributed by atoms with Crippen molar-refractivity contribution >= 4 is 17.8 Å². The molecule has 6 nitrogen and oxygen atoms in total. The lowest BCUT2D eigenvalue weighted by atomic mass is 10.0. The van der Waals surface area contributed by atoms with Gasteiger partial charge in [-0.1, -0.05) is 24.1 Å². The lowest BCUT2D eigenvalue weighted by molar-refractivity contribution is -0.175. The average Bonchev–Trinajstić information content (AvgIpc) is 3.07. The van der Waals surface area contributed by atoms with Crippen LogP contribution < -0.4 is 0 Å². The van der Waals surface area contributed by atoms with Crippen molar-refractivity contribution in [2.24, 2.45) is 5.92 Å². The van der Waals surface area contributed by atoms with Gasteiger partial charge < -0.3 is 9.57 Å². The Bertz CT molecular complexity index is 577. The molecule has 0 unspecified atom stereocenters. The maximum Gasteiger partial charge on any atom is 0.338 e. The average molecular weight is 289 g/mol. The zero-order valence-corrected chi connectivity index (χ0v) is 11.6. The van der Waals surface area contributed by atoms with Gasteiger partial charge in [-0.05, 0) is 25.0 Å². The summed E-state index contributed by atoms with van der Waals surface area (Å²) in [5.74, 6) is -2.22. The molecule has 1 fully saturated rings. The molecule has 6 heteroatoms. The largest absolute Gasteiger partial charge is 0.377 e. The standard InChI is InChI=1S/C15H15NO5/c1-2-12-11(7-8-20-12)15(19)21-16-13(17)9-5-3-4-6-10(9)14(16)18/h3-6,11-12H,2,7-8H2,1H3/t11-,12+/m1/s1. The second kappa shape index (κ2) is 5.29. The minimum absolute atomic E-state index is 0.215. The van der Waals surface area contributed by atoms with Crippen LogP contribution in [0, 0.1) is 5.92 Å². The number of carbonyl (C=O) groups excluding carboxylic acids is 3. The van der Waals surface area contributed by atoms with Crippen LogP contribution in [0.4, 0.5) is 0 Å². The van der Waals surface area contributed by atoms with Gasteiger partial charge in [0.2, 0.25) is 0 Å². The molecule has 21 heavy (non-hydrogen) atoms. The van der Waals surface area contributed by atoms with Crippen molar-refractivity contribution < 1.29 is 24.0 Å². The summed E-state index contributed by atoms with van der Waals surface area (Å²) < 4.78 is 5.43. The summed E-state index contributed by atoms with van der Waals surface area (Å²) in [6.07, 6.45) is 1.01. The summed E-state index contributed by atoms with van der Waals surface area (Å²) in [7, 11) is 0. The summed E-state index contributed by atoms with van der Waals surface area (Å²) in [6.45, 7) is 2.40. The van der Waals surface area contributed by atoms with Crippen LogP contribution in [0.3, 0.4) is 0 Å². The molecule has 1 aromatic rings. The molecule has 0 bridgehead atoms. The van der Waals surface area contributed by atoms with Gasteiger partial charge in [0.25, 0.3) is 11.8 Å². The van der Waals surface area contributed by atoms with E-state index in [2.05, 4.69) is 0 Å². The second-order valence-electron chi connectivity index (χ2n) is 5.07. The predicted molar refractivity (Wildman–Crippen MR) is 71.2 cm³/mol. The molecule has 0 saturated carbocycles. The number of nitrogens with zero attached hydrogens (tertiary/aromatic N) is 1. The first-order valence-corrected chi connectivity index (χ1v) is 6.94. The van der Waals surface area contributed by atoms with E-state index < -0.39 is 23.7 Å². The van der Waals surface area contributed by atoms with Crippen molar-refractivity contribution in [3.8, 4) is 0 Å². The Morgan fingerprint density at radius 2 is 1.90 bits per heavy atom. The molecular weight excluding hydrogens is 274 g/mol. The highest BCUT2D eigenvalue weighted by Gasteiger charge is 2.42. The molecule has 0 spiro atoms. The molecule has 2 heterocycles. The fraction of sp³-hybridized carbons (Fsp3) is 0.400. The van der Waals surface area contributed by atoms with Crippen LogP contribution in [0.5, 0.6) is 0 Å². The van der Waals surface area contributed by atoms with E-state index in [1.807, 2.05) is 6.92 Å². The van der Waals surface area contributed by atoms with Crippen LogP contribution >= 0.6 is 0 Å². The number of benzene rings is 1. The number of hydrogen-bond donors (Lipinski definition) is 0. The van der Waals surface area contributed by atoms with Gasteiger partial charge in [0.1, 0.15) is 0 Å². The molecule has 0 aromatic heterocycles. The Labute approximate surface area is 121 Å². The molecule has 3 rings (SSSR count). The SMILES string of the molecule is CC[C@@H]1OCC[C@H]1C(=O)ON1C(=O)c2ccccc2C1=O. The number of imide groups is 1. The topological polar surface area (TPSA) is 72.9 Å². The van der Waals surface area contributed by atoms with E-state index in [4.69, 9.17) is 9.57 Å². The second-order valence-corrected chi connectivity index (χ2v) is 5.07. The van der Waals surface area contributed by atoms with Gasteiger partial charge in [-0.2, -0.15) is 0 Å². The summed E-state index contributed by atoms with van der Waals surface area (Å²) in [5.41, 5.74) is 0.509. The zero-order chi connectivity index (χ0) is 15.0. The normalized spacial score (nSPS) is 24.3.